The number of para-hydroxylation sites is 1. The van der Waals surface area contributed by atoms with Gasteiger partial charge >= 0.3 is 17.9 Å². The minimum Gasteiger partial charge on any atom is -0.493 e. The third kappa shape index (κ3) is 6.37. The largest absolute Gasteiger partial charge is 0.511 e. The first-order valence-electron chi connectivity index (χ1n) is 15.3. The molecule has 0 saturated heterocycles. The third-order valence-corrected chi connectivity index (χ3v) is 7.85. The van der Waals surface area contributed by atoms with Gasteiger partial charge in [-0.2, -0.15) is 10.1 Å². The Morgan fingerprint density at radius 2 is 1.76 bits per heavy atom. The van der Waals surface area contributed by atoms with Crippen molar-refractivity contribution in [3.8, 4) is 34.0 Å². The molecule has 2 aromatic heterocycles. The van der Waals surface area contributed by atoms with Crippen LogP contribution in [0.5, 0.6) is 5.75 Å². The van der Waals surface area contributed by atoms with E-state index in [4.69, 9.17) is 28.5 Å². The Kier molecular flexibility index (Phi) is 8.86. The zero-order chi connectivity index (χ0) is 32.2. The van der Waals surface area contributed by atoms with E-state index in [0.29, 0.717) is 46.3 Å². The molecule has 0 amide bonds. The number of aryl methyl sites for hydroxylation is 1. The maximum Gasteiger partial charge on any atom is 0.511 e. The molecule has 3 aromatic carbocycles. The van der Waals surface area contributed by atoms with Crippen LogP contribution in [0.25, 0.3) is 39.2 Å². The Bertz CT molecular complexity index is 1930. The lowest BCUT2D eigenvalue weighted by atomic mass is 9.98. The molecule has 0 aliphatic heterocycles. The number of ether oxygens (including phenoxy) is 4. The zero-order valence-corrected chi connectivity index (χ0v) is 25.8. The second-order valence-corrected chi connectivity index (χ2v) is 11.0. The van der Waals surface area contributed by atoms with Crippen LogP contribution in [0.3, 0.4) is 0 Å². The van der Waals surface area contributed by atoms with E-state index in [1.54, 1.807) is 12.1 Å². The molecular formula is C34H34N4O8. The van der Waals surface area contributed by atoms with E-state index in [-0.39, 0.29) is 11.7 Å². The van der Waals surface area contributed by atoms with Gasteiger partial charge in [0, 0.05) is 24.1 Å². The molecule has 1 fully saturated rings. The molecule has 0 spiro atoms. The van der Waals surface area contributed by atoms with Gasteiger partial charge in [0.05, 0.1) is 28.9 Å². The van der Waals surface area contributed by atoms with Crippen molar-refractivity contribution in [2.45, 2.75) is 65.3 Å². The topological polar surface area (TPSA) is 148 Å². The lowest BCUT2D eigenvalue weighted by Crippen LogP contribution is -2.26. The summed E-state index contributed by atoms with van der Waals surface area (Å²) in [5.41, 5.74) is 4.25. The van der Waals surface area contributed by atoms with Crippen molar-refractivity contribution >= 4 is 23.2 Å². The third-order valence-electron chi connectivity index (χ3n) is 7.85. The van der Waals surface area contributed by atoms with Gasteiger partial charge < -0.3 is 23.5 Å². The van der Waals surface area contributed by atoms with E-state index in [9.17, 15) is 14.4 Å². The zero-order valence-electron chi connectivity index (χ0n) is 25.8. The molecule has 1 aliphatic rings. The van der Waals surface area contributed by atoms with Gasteiger partial charge in [-0.15, -0.1) is 0 Å². The minimum atomic E-state index is -1.17. The van der Waals surface area contributed by atoms with Gasteiger partial charge in [-0.1, -0.05) is 36.8 Å². The highest BCUT2D eigenvalue weighted by Crippen LogP contribution is 2.38. The second-order valence-electron chi connectivity index (χ2n) is 11.0. The van der Waals surface area contributed by atoms with E-state index >= 15 is 0 Å². The van der Waals surface area contributed by atoms with Crippen LogP contribution in [0.1, 0.15) is 62.1 Å². The Hall–Kier alpha value is -5.39. The van der Waals surface area contributed by atoms with Crippen molar-refractivity contribution in [1.29, 1.82) is 0 Å². The fraction of sp³-hybridized carbons (Fsp3) is 0.324. The minimum absolute atomic E-state index is 0.178. The summed E-state index contributed by atoms with van der Waals surface area (Å²) in [5.74, 6) is 0.0980. The Labute approximate surface area is 264 Å². The van der Waals surface area contributed by atoms with E-state index in [1.165, 1.54) is 6.92 Å². The smallest absolute Gasteiger partial charge is 0.493 e. The van der Waals surface area contributed by atoms with Gasteiger partial charge in [-0.25, -0.2) is 19.4 Å². The van der Waals surface area contributed by atoms with Crippen molar-refractivity contribution in [1.82, 2.24) is 19.7 Å². The molecule has 1 unspecified atom stereocenters. The molecule has 1 aliphatic carbocycles. The van der Waals surface area contributed by atoms with Crippen molar-refractivity contribution in [2.75, 3.05) is 6.61 Å². The molecule has 0 bridgehead atoms. The van der Waals surface area contributed by atoms with Crippen molar-refractivity contribution in [3.05, 3.63) is 82.6 Å². The first-order chi connectivity index (χ1) is 22.3. The quantitative estimate of drug-likeness (QED) is 0.138. The summed E-state index contributed by atoms with van der Waals surface area (Å²) in [6, 6.07) is 18.3. The standard InChI is InChI=1S/C34H34N4O8/c1-4-42-29-19-22(17-18-25(29)24-13-8-9-14-26(24)31-36-33(40)46-37-31)38-20(2)35-28-16-10-15-27(30(28)38)32(39)43-21(3)44-34(41)45-23-11-6-5-7-12-23/h8-10,13-19,21,23H,4-7,11-12H2,1-3H3,(H,36,37,40). The van der Waals surface area contributed by atoms with Crippen LogP contribution in [-0.2, 0) is 14.2 Å². The number of carbonyl (C=O) groups is 2. The number of carbonyl (C=O) groups excluding carboxylic acids is 2. The summed E-state index contributed by atoms with van der Waals surface area (Å²) in [4.78, 5) is 46.1. The molecule has 1 saturated carbocycles. The van der Waals surface area contributed by atoms with E-state index in [1.807, 2.05) is 66.9 Å². The molecule has 12 heteroatoms. The number of aromatic nitrogens is 4. The summed E-state index contributed by atoms with van der Waals surface area (Å²) in [5, 5.41) is 2.57. The predicted molar refractivity (Wildman–Crippen MR) is 168 cm³/mol. The fourth-order valence-electron chi connectivity index (χ4n) is 5.86. The number of benzene rings is 3. The summed E-state index contributed by atoms with van der Waals surface area (Å²) in [7, 11) is 0. The number of nitrogens with one attached hydrogen (secondary N) is 1. The first kappa shape index (κ1) is 30.6. The van der Waals surface area contributed by atoms with Crippen LogP contribution in [0, 0.1) is 6.92 Å². The molecule has 1 atom stereocenters. The number of aromatic amines is 1. The van der Waals surface area contributed by atoms with E-state index < -0.39 is 24.2 Å². The Morgan fingerprint density at radius 3 is 2.50 bits per heavy atom. The first-order valence-corrected chi connectivity index (χ1v) is 15.3. The number of hydrogen-bond acceptors (Lipinski definition) is 10. The number of hydrogen-bond donors (Lipinski definition) is 1. The maximum atomic E-state index is 13.5. The Morgan fingerprint density at radius 1 is 0.978 bits per heavy atom. The van der Waals surface area contributed by atoms with E-state index in [2.05, 4.69) is 10.1 Å². The highest BCUT2D eigenvalue weighted by atomic mass is 16.8. The van der Waals surface area contributed by atoms with Gasteiger partial charge in [-0.05, 0) is 69.4 Å². The van der Waals surface area contributed by atoms with Crippen molar-refractivity contribution < 1.29 is 33.1 Å². The normalized spacial score (nSPS) is 14.2. The van der Waals surface area contributed by atoms with Crippen LogP contribution in [-0.4, -0.2) is 50.8 Å². The highest BCUT2D eigenvalue weighted by Gasteiger charge is 2.25. The SMILES string of the molecule is CCOc1cc(-n2c(C)nc3cccc(C(=O)OC(C)OC(=O)OC4CCCCC4)c32)ccc1-c1ccccc1-c1nc(=O)o[nH]1. The molecule has 46 heavy (non-hydrogen) atoms. The number of H-pyrrole nitrogens is 1. The fourth-order valence-corrected chi connectivity index (χ4v) is 5.86. The van der Waals surface area contributed by atoms with Crippen LogP contribution in [0.4, 0.5) is 4.79 Å². The predicted octanol–water partition coefficient (Wildman–Crippen LogP) is 6.73. The molecule has 12 nitrogen and oxygen atoms in total. The number of rotatable bonds is 9. The second kappa shape index (κ2) is 13.3. The number of nitrogens with zero attached hydrogens (tertiary/aromatic N) is 3. The molecule has 238 valence electrons. The monoisotopic (exact) mass is 626 g/mol. The van der Waals surface area contributed by atoms with Gasteiger partial charge in [-0.3, -0.25) is 4.57 Å². The summed E-state index contributed by atoms with van der Waals surface area (Å²) >= 11 is 0. The summed E-state index contributed by atoms with van der Waals surface area (Å²) in [6.45, 7) is 5.59. The van der Waals surface area contributed by atoms with Gasteiger partial charge in [0.1, 0.15) is 17.7 Å². The number of esters is 1. The van der Waals surface area contributed by atoms with Gasteiger partial charge in [0.15, 0.2) is 5.82 Å². The van der Waals surface area contributed by atoms with Crippen LogP contribution < -0.4 is 10.5 Å². The highest BCUT2D eigenvalue weighted by molar-refractivity contribution is 6.03. The molecule has 6 rings (SSSR count). The van der Waals surface area contributed by atoms with Crippen LogP contribution in [0.2, 0.25) is 0 Å². The van der Waals surface area contributed by atoms with Crippen LogP contribution in [0.15, 0.2) is 70.0 Å². The number of fused-ring (bicyclic) bond motifs is 1. The average Bonchev–Trinajstić information content (AvgIpc) is 3.63. The lowest BCUT2D eigenvalue weighted by molar-refractivity contribution is -0.0914. The molecule has 5 aromatic rings. The maximum absolute atomic E-state index is 13.5. The van der Waals surface area contributed by atoms with Crippen molar-refractivity contribution in [2.24, 2.45) is 0 Å². The number of imidazole rings is 1. The Balaban J connectivity index is 1.31. The molecule has 1 N–H and O–H groups in total. The van der Waals surface area contributed by atoms with E-state index in [0.717, 1.165) is 43.2 Å². The van der Waals surface area contributed by atoms with Gasteiger partial charge in [0.2, 0.25) is 6.29 Å². The molecular weight excluding hydrogens is 592 g/mol. The average molecular weight is 627 g/mol. The molecule has 0 radical (unpaired) electrons. The van der Waals surface area contributed by atoms with Gasteiger partial charge in [0.25, 0.3) is 0 Å². The van der Waals surface area contributed by atoms with Crippen LogP contribution >= 0.6 is 0 Å². The summed E-state index contributed by atoms with van der Waals surface area (Å²) in [6.07, 6.45) is 2.54. The lowest BCUT2D eigenvalue weighted by Gasteiger charge is -2.22. The van der Waals surface area contributed by atoms with Crippen molar-refractivity contribution in [3.63, 3.8) is 0 Å². The summed E-state index contributed by atoms with van der Waals surface area (Å²) < 4.78 is 28.9. The molecule has 2 heterocycles.